The number of aromatic hydroxyl groups is 1. The van der Waals surface area contributed by atoms with Crippen LogP contribution in [0.4, 0.5) is 0 Å². The van der Waals surface area contributed by atoms with E-state index in [4.69, 9.17) is 11.6 Å². The van der Waals surface area contributed by atoms with Crippen molar-refractivity contribution in [1.82, 2.24) is 0 Å². The molecule has 3 aromatic rings. The third kappa shape index (κ3) is 2.68. The number of hydrogen-bond acceptors (Lipinski definition) is 1. The molecular formula is C18H13ClO. The quantitative estimate of drug-likeness (QED) is 0.668. The summed E-state index contributed by atoms with van der Waals surface area (Å²) in [6.45, 7) is 0. The maximum Gasteiger partial charge on any atom is 0.115 e. The predicted molar refractivity (Wildman–Crippen MR) is 84.0 cm³/mol. The van der Waals surface area contributed by atoms with Crippen LogP contribution < -0.4 is 0 Å². The summed E-state index contributed by atoms with van der Waals surface area (Å²) >= 11 is 6.04. The lowest BCUT2D eigenvalue weighted by atomic mass is 9.99. The van der Waals surface area contributed by atoms with Crippen molar-refractivity contribution in [2.45, 2.75) is 0 Å². The van der Waals surface area contributed by atoms with E-state index in [0.29, 0.717) is 0 Å². The summed E-state index contributed by atoms with van der Waals surface area (Å²) in [6, 6.07) is 23.3. The van der Waals surface area contributed by atoms with Gasteiger partial charge in [-0.15, -0.1) is 0 Å². The van der Waals surface area contributed by atoms with Crippen molar-refractivity contribution in [1.29, 1.82) is 0 Å². The molecule has 0 aliphatic carbocycles. The van der Waals surface area contributed by atoms with Crippen molar-refractivity contribution >= 4 is 11.6 Å². The van der Waals surface area contributed by atoms with Gasteiger partial charge < -0.3 is 5.11 Å². The first kappa shape index (κ1) is 12.8. The number of phenols is 1. The fourth-order valence-electron chi connectivity index (χ4n) is 2.20. The summed E-state index contributed by atoms with van der Waals surface area (Å²) in [5.74, 6) is 0.278. The third-order valence-electron chi connectivity index (χ3n) is 3.22. The Balaban J connectivity index is 2.03. The first-order valence-electron chi connectivity index (χ1n) is 6.38. The lowest BCUT2D eigenvalue weighted by Gasteiger charge is -2.06. The number of rotatable bonds is 2. The van der Waals surface area contributed by atoms with Crippen LogP contribution in [0.1, 0.15) is 0 Å². The van der Waals surface area contributed by atoms with Crippen LogP contribution in [-0.4, -0.2) is 5.11 Å². The molecule has 98 valence electrons. The van der Waals surface area contributed by atoms with Crippen LogP contribution >= 0.6 is 11.6 Å². The maximum absolute atomic E-state index is 9.35. The van der Waals surface area contributed by atoms with E-state index in [1.165, 1.54) is 0 Å². The van der Waals surface area contributed by atoms with Crippen molar-refractivity contribution in [3.63, 3.8) is 0 Å². The fourth-order valence-corrected chi connectivity index (χ4v) is 2.39. The highest BCUT2D eigenvalue weighted by atomic mass is 35.5. The number of benzene rings is 3. The van der Waals surface area contributed by atoms with Gasteiger partial charge in [0.15, 0.2) is 0 Å². The molecule has 0 aliphatic heterocycles. The lowest BCUT2D eigenvalue weighted by Crippen LogP contribution is -1.81. The minimum atomic E-state index is 0.278. The Morgan fingerprint density at radius 1 is 0.600 bits per heavy atom. The van der Waals surface area contributed by atoms with E-state index in [0.717, 1.165) is 27.3 Å². The summed E-state index contributed by atoms with van der Waals surface area (Å²) in [5.41, 5.74) is 4.41. The summed E-state index contributed by atoms with van der Waals surface area (Å²) in [5, 5.41) is 10.1. The molecule has 0 aliphatic rings. The van der Waals surface area contributed by atoms with Gasteiger partial charge in [-0.1, -0.05) is 54.1 Å². The number of phenolic OH excluding ortho intramolecular Hbond substituents is 1. The highest BCUT2D eigenvalue weighted by Gasteiger charge is 2.02. The largest absolute Gasteiger partial charge is 0.508 e. The van der Waals surface area contributed by atoms with E-state index in [1.807, 2.05) is 42.5 Å². The fraction of sp³-hybridized carbons (Fsp3) is 0. The minimum Gasteiger partial charge on any atom is -0.508 e. The molecule has 20 heavy (non-hydrogen) atoms. The van der Waals surface area contributed by atoms with E-state index in [-0.39, 0.29) is 5.75 Å². The van der Waals surface area contributed by atoms with Crippen LogP contribution in [-0.2, 0) is 0 Å². The maximum atomic E-state index is 9.35. The van der Waals surface area contributed by atoms with Crippen molar-refractivity contribution in [3.8, 4) is 28.0 Å². The zero-order valence-corrected chi connectivity index (χ0v) is 11.5. The second-order valence-corrected chi connectivity index (χ2v) is 5.07. The van der Waals surface area contributed by atoms with Gasteiger partial charge in [0.1, 0.15) is 5.75 Å². The van der Waals surface area contributed by atoms with Gasteiger partial charge in [0.25, 0.3) is 0 Å². The van der Waals surface area contributed by atoms with Crippen LogP contribution in [0.25, 0.3) is 22.3 Å². The Morgan fingerprint density at radius 2 is 1.15 bits per heavy atom. The van der Waals surface area contributed by atoms with Crippen molar-refractivity contribution < 1.29 is 5.11 Å². The molecule has 0 saturated carbocycles. The Morgan fingerprint density at radius 3 is 1.80 bits per heavy atom. The Labute approximate surface area is 123 Å². The van der Waals surface area contributed by atoms with Crippen molar-refractivity contribution in [3.05, 3.63) is 77.8 Å². The summed E-state index contributed by atoms with van der Waals surface area (Å²) in [6.07, 6.45) is 0. The molecule has 0 amide bonds. The number of hydrogen-bond donors (Lipinski definition) is 1. The molecule has 0 atom stereocenters. The smallest absolute Gasteiger partial charge is 0.115 e. The molecule has 0 aromatic heterocycles. The van der Waals surface area contributed by atoms with Crippen molar-refractivity contribution in [2.75, 3.05) is 0 Å². The average Bonchev–Trinajstić information content (AvgIpc) is 2.48. The molecule has 0 spiro atoms. The van der Waals surface area contributed by atoms with Gasteiger partial charge in [-0.2, -0.15) is 0 Å². The zero-order chi connectivity index (χ0) is 13.9. The van der Waals surface area contributed by atoms with Crippen LogP contribution in [0, 0.1) is 0 Å². The van der Waals surface area contributed by atoms with Gasteiger partial charge in [0.05, 0.1) is 0 Å². The molecule has 0 heterocycles. The van der Waals surface area contributed by atoms with Crippen molar-refractivity contribution in [2.24, 2.45) is 0 Å². The van der Waals surface area contributed by atoms with Gasteiger partial charge in [-0.3, -0.25) is 0 Å². The summed E-state index contributed by atoms with van der Waals surface area (Å²) in [7, 11) is 0. The normalized spacial score (nSPS) is 10.4. The summed E-state index contributed by atoms with van der Waals surface area (Å²) in [4.78, 5) is 0. The van der Waals surface area contributed by atoms with Crippen LogP contribution in [0.5, 0.6) is 5.75 Å². The molecule has 0 fully saturated rings. The van der Waals surface area contributed by atoms with E-state index in [2.05, 4.69) is 18.2 Å². The molecule has 1 N–H and O–H groups in total. The monoisotopic (exact) mass is 280 g/mol. The molecule has 0 bridgehead atoms. The van der Waals surface area contributed by atoms with E-state index >= 15 is 0 Å². The molecule has 0 saturated heterocycles. The molecule has 0 unspecified atom stereocenters. The average molecular weight is 281 g/mol. The predicted octanol–water partition coefficient (Wildman–Crippen LogP) is 5.38. The molecule has 0 radical (unpaired) electrons. The van der Waals surface area contributed by atoms with Gasteiger partial charge in [0, 0.05) is 5.02 Å². The second kappa shape index (κ2) is 5.40. The SMILES string of the molecule is Oc1ccc(-c2cccc(-c3cccc(Cl)c3)c2)cc1. The molecule has 3 aromatic carbocycles. The molecule has 3 rings (SSSR count). The highest BCUT2D eigenvalue weighted by molar-refractivity contribution is 6.30. The van der Waals surface area contributed by atoms with Gasteiger partial charge >= 0.3 is 0 Å². The van der Waals surface area contributed by atoms with Gasteiger partial charge in [0.2, 0.25) is 0 Å². The lowest BCUT2D eigenvalue weighted by molar-refractivity contribution is 0.475. The van der Waals surface area contributed by atoms with E-state index in [9.17, 15) is 5.11 Å². The second-order valence-electron chi connectivity index (χ2n) is 4.64. The van der Waals surface area contributed by atoms with Gasteiger partial charge in [-0.05, 0) is 52.6 Å². The van der Waals surface area contributed by atoms with Gasteiger partial charge in [-0.25, -0.2) is 0 Å². The molecule has 2 heteroatoms. The Hall–Kier alpha value is -2.25. The zero-order valence-electron chi connectivity index (χ0n) is 10.8. The molecule has 1 nitrogen and oxygen atoms in total. The summed E-state index contributed by atoms with van der Waals surface area (Å²) < 4.78 is 0. The first-order valence-corrected chi connectivity index (χ1v) is 6.75. The van der Waals surface area contributed by atoms with E-state index < -0.39 is 0 Å². The highest BCUT2D eigenvalue weighted by Crippen LogP contribution is 2.28. The number of halogens is 1. The van der Waals surface area contributed by atoms with Crippen LogP contribution in [0.2, 0.25) is 5.02 Å². The Bertz CT molecular complexity index is 732. The first-order chi connectivity index (χ1) is 9.72. The van der Waals surface area contributed by atoms with Crippen LogP contribution in [0.3, 0.4) is 0 Å². The minimum absolute atomic E-state index is 0.278. The van der Waals surface area contributed by atoms with Crippen LogP contribution in [0.15, 0.2) is 72.8 Å². The Kier molecular flexibility index (Phi) is 3.44. The third-order valence-corrected chi connectivity index (χ3v) is 3.46. The van der Waals surface area contributed by atoms with E-state index in [1.54, 1.807) is 12.1 Å². The standard InChI is InChI=1S/C18H13ClO/c19-17-6-2-5-16(12-17)15-4-1-3-14(11-15)13-7-9-18(20)10-8-13/h1-12,20H. The topological polar surface area (TPSA) is 20.2 Å². The molecular weight excluding hydrogens is 268 g/mol.